The van der Waals surface area contributed by atoms with Gasteiger partial charge >= 0.3 is 5.97 Å². The first-order valence-electron chi connectivity index (χ1n) is 5.34. The van der Waals surface area contributed by atoms with Crippen LogP contribution in [0.15, 0.2) is 42.5 Å². The lowest BCUT2D eigenvalue weighted by Crippen LogP contribution is -1.96. The second-order valence-corrected chi connectivity index (χ2v) is 4.33. The lowest BCUT2D eigenvalue weighted by Gasteiger charge is -2.06. The van der Waals surface area contributed by atoms with Crippen molar-refractivity contribution in [2.75, 3.05) is 0 Å². The zero-order chi connectivity index (χ0) is 13.1. The molecule has 0 amide bonds. The van der Waals surface area contributed by atoms with Gasteiger partial charge in [-0.3, -0.25) is 0 Å². The number of carboxylic acid groups (broad SMARTS) is 1. The molecule has 92 valence electrons. The fraction of sp³-hybridized carbons (Fsp3) is 0.0714. The molecule has 2 aromatic carbocycles. The maximum atomic E-state index is 11.0. The molecule has 0 bridgehead atoms. The van der Waals surface area contributed by atoms with Crippen LogP contribution in [0.1, 0.15) is 15.9 Å². The molecule has 0 fully saturated rings. The number of halogens is 1. The largest absolute Gasteiger partial charge is 0.478 e. The van der Waals surface area contributed by atoms with Gasteiger partial charge in [0, 0.05) is 5.02 Å². The summed E-state index contributed by atoms with van der Waals surface area (Å²) < 4.78 is 0. The third kappa shape index (κ3) is 2.70. The first-order valence-corrected chi connectivity index (χ1v) is 5.72. The molecule has 2 aromatic rings. The second kappa shape index (κ2) is 5.21. The number of carbonyl (C=O) groups is 1. The van der Waals surface area contributed by atoms with Crippen LogP contribution in [0.5, 0.6) is 0 Å². The van der Waals surface area contributed by atoms with Crippen molar-refractivity contribution >= 4 is 17.6 Å². The highest BCUT2D eigenvalue weighted by Gasteiger charge is 2.08. The molecule has 0 unspecified atom stereocenters. The Hall–Kier alpha value is -1.84. The van der Waals surface area contributed by atoms with Crippen LogP contribution in [-0.4, -0.2) is 16.2 Å². The number of benzene rings is 2. The van der Waals surface area contributed by atoms with Crippen LogP contribution in [0.4, 0.5) is 0 Å². The van der Waals surface area contributed by atoms with Gasteiger partial charge in [-0.25, -0.2) is 4.79 Å². The monoisotopic (exact) mass is 262 g/mol. The topological polar surface area (TPSA) is 57.5 Å². The van der Waals surface area contributed by atoms with Gasteiger partial charge in [0.15, 0.2) is 0 Å². The molecule has 0 aliphatic carbocycles. The van der Waals surface area contributed by atoms with E-state index in [2.05, 4.69) is 0 Å². The number of carboxylic acids is 1. The molecule has 0 atom stereocenters. The number of hydrogen-bond donors (Lipinski definition) is 2. The van der Waals surface area contributed by atoms with Crippen molar-refractivity contribution in [2.24, 2.45) is 0 Å². The minimum absolute atomic E-state index is 0.0554. The highest BCUT2D eigenvalue weighted by molar-refractivity contribution is 6.31. The number of aliphatic hydroxyl groups is 1. The van der Waals surface area contributed by atoms with Gasteiger partial charge in [0.05, 0.1) is 12.2 Å². The van der Waals surface area contributed by atoms with Crippen molar-refractivity contribution < 1.29 is 15.0 Å². The van der Waals surface area contributed by atoms with Crippen LogP contribution < -0.4 is 0 Å². The Morgan fingerprint density at radius 3 is 2.56 bits per heavy atom. The van der Waals surface area contributed by atoms with Crippen molar-refractivity contribution in [1.29, 1.82) is 0 Å². The predicted octanol–water partition coefficient (Wildman–Crippen LogP) is 3.20. The van der Waals surface area contributed by atoms with E-state index in [4.69, 9.17) is 21.8 Å². The van der Waals surface area contributed by atoms with E-state index in [0.29, 0.717) is 5.02 Å². The normalized spacial score (nSPS) is 10.3. The molecule has 0 saturated heterocycles. The van der Waals surface area contributed by atoms with E-state index in [0.717, 1.165) is 16.7 Å². The van der Waals surface area contributed by atoms with Gasteiger partial charge in [-0.15, -0.1) is 0 Å². The molecule has 0 heterocycles. The SMILES string of the molecule is O=C(O)c1cc(Cl)cc(-c2cccc(CO)c2)c1. The average molecular weight is 263 g/mol. The summed E-state index contributed by atoms with van der Waals surface area (Å²) in [6, 6.07) is 11.9. The van der Waals surface area contributed by atoms with Gasteiger partial charge in [0.1, 0.15) is 0 Å². The van der Waals surface area contributed by atoms with Gasteiger partial charge in [-0.2, -0.15) is 0 Å². The molecule has 0 aliphatic rings. The number of aliphatic hydroxyl groups excluding tert-OH is 1. The Bertz CT molecular complexity index is 593. The molecule has 0 radical (unpaired) electrons. The molecular weight excluding hydrogens is 252 g/mol. The van der Waals surface area contributed by atoms with Crippen LogP contribution in [0.3, 0.4) is 0 Å². The molecular formula is C14H11ClO3. The lowest BCUT2D eigenvalue weighted by atomic mass is 10.0. The standard InChI is InChI=1S/C14H11ClO3/c15-13-6-11(5-12(7-13)14(17)18)10-3-1-2-9(4-10)8-16/h1-7,16H,8H2,(H,17,18). The fourth-order valence-corrected chi connectivity index (χ4v) is 1.96. The van der Waals surface area contributed by atoms with Gasteiger partial charge in [-0.05, 0) is 41.0 Å². The second-order valence-electron chi connectivity index (χ2n) is 3.89. The quantitative estimate of drug-likeness (QED) is 0.893. The zero-order valence-electron chi connectivity index (χ0n) is 9.43. The van der Waals surface area contributed by atoms with Crippen molar-refractivity contribution in [3.05, 3.63) is 58.6 Å². The van der Waals surface area contributed by atoms with E-state index in [-0.39, 0.29) is 12.2 Å². The third-order valence-corrected chi connectivity index (χ3v) is 2.81. The van der Waals surface area contributed by atoms with Crippen molar-refractivity contribution in [1.82, 2.24) is 0 Å². The highest BCUT2D eigenvalue weighted by atomic mass is 35.5. The van der Waals surface area contributed by atoms with Gasteiger partial charge in [0.2, 0.25) is 0 Å². The first kappa shape index (κ1) is 12.6. The molecule has 2 N–H and O–H groups in total. The van der Waals surface area contributed by atoms with Crippen LogP contribution in [-0.2, 0) is 6.61 Å². The summed E-state index contributed by atoms with van der Waals surface area (Å²) in [6.45, 7) is -0.0554. The molecule has 18 heavy (non-hydrogen) atoms. The summed E-state index contributed by atoms with van der Waals surface area (Å²) in [4.78, 5) is 11.0. The molecule has 4 heteroatoms. The van der Waals surface area contributed by atoms with Gasteiger partial charge in [0.25, 0.3) is 0 Å². The van der Waals surface area contributed by atoms with Gasteiger partial charge in [-0.1, -0.05) is 29.8 Å². The lowest BCUT2D eigenvalue weighted by molar-refractivity contribution is 0.0697. The zero-order valence-corrected chi connectivity index (χ0v) is 10.2. The summed E-state index contributed by atoms with van der Waals surface area (Å²) in [7, 11) is 0. The molecule has 0 spiro atoms. The van der Waals surface area contributed by atoms with Crippen LogP contribution in [0.25, 0.3) is 11.1 Å². The van der Waals surface area contributed by atoms with Crippen molar-refractivity contribution in [3.8, 4) is 11.1 Å². The average Bonchev–Trinajstić information content (AvgIpc) is 2.38. The Morgan fingerprint density at radius 2 is 1.89 bits per heavy atom. The third-order valence-electron chi connectivity index (χ3n) is 2.59. The van der Waals surface area contributed by atoms with Crippen LogP contribution in [0, 0.1) is 0 Å². The molecule has 0 aliphatic heterocycles. The van der Waals surface area contributed by atoms with Crippen LogP contribution >= 0.6 is 11.6 Å². The first-order chi connectivity index (χ1) is 8.60. The summed E-state index contributed by atoms with van der Waals surface area (Å²) >= 11 is 5.90. The molecule has 3 nitrogen and oxygen atoms in total. The van der Waals surface area contributed by atoms with E-state index >= 15 is 0 Å². The van der Waals surface area contributed by atoms with Crippen LogP contribution in [0.2, 0.25) is 5.02 Å². The Kier molecular flexibility index (Phi) is 3.65. The van der Waals surface area contributed by atoms with E-state index in [9.17, 15) is 4.79 Å². The maximum absolute atomic E-state index is 11.0. The minimum Gasteiger partial charge on any atom is -0.478 e. The van der Waals surface area contributed by atoms with E-state index in [1.54, 1.807) is 24.3 Å². The summed E-state index contributed by atoms with van der Waals surface area (Å²) in [6.07, 6.45) is 0. The van der Waals surface area contributed by atoms with Gasteiger partial charge < -0.3 is 10.2 Å². The number of rotatable bonds is 3. The van der Waals surface area contributed by atoms with Crippen molar-refractivity contribution in [3.63, 3.8) is 0 Å². The molecule has 0 saturated carbocycles. The fourth-order valence-electron chi connectivity index (χ4n) is 1.73. The smallest absolute Gasteiger partial charge is 0.335 e. The summed E-state index contributed by atoms with van der Waals surface area (Å²) in [5.74, 6) is -1.02. The Morgan fingerprint density at radius 1 is 1.11 bits per heavy atom. The molecule has 2 rings (SSSR count). The van der Waals surface area contributed by atoms with Crippen molar-refractivity contribution in [2.45, 2.75) is 6.61 Å². The highest BCUT2D eigenvalue weighted by Crippen LogP contribution is 2.25. The summed E-state index contributed by atoms with van der Waals surface area (Å²) in [5.41, 5.74) is 2.46. The van der Waals surface area contributed by atoms with E-state index in [1.807, 2.05) is 12.1 Å². The maximum Gasteiger partial charge on any atom is 0.335 e. The minimum atomic E-state index is -1.02. The molecule has 0 aromatic heterocycles. The van der Waals surface area contributed by atoms with E-state index < -0.39 is 5.97 Å². The summed E-state index contributed by atoms with van der Waals surface area (Å²) in [5, 5.41) is 18.4. The predicted molar refractivity (Wildman–Crippen MR) is 69.8 cm³/mol. The number of aromatic carboxylic acids is 1. The number of hydrogen-bond acceptors (Lipinski definition) is 2. The van der Waals surface area contributed by atoms with E-state index in [1.165, 1.54) is 6.07 Å². The Balaban J connectivity index is 2.52. The Labute approximate surface area is 109 Å².